The summed E-state index contributed by atoms with van der Waals surface area (Å²) in [5.41, 5.74) is 0.969. The number of sulfonamides is 1. The van der Waals surface area contributed by atoms with E-state index in [1.54, 1.807) is 18.2 Å². The lowest BCUT2D eigenvalue weighted by molar-refractivity contribution is -0.139. The van der Waals surface area contributed by atoms with Crippen LogP contribution in [0.4, 0.5) is 14.5 Å². The van der Waals surface area contributed by atoms with Crippen LogP contribution in [-0.2, 0) is 32.6 Å². The fourth-order valence-electron chi connectivity index (χ4n) is 4.39. The summed E-state index contributed by atoms with van der Waals surface area (Å²) in [5.74, 6) is -2.54. The number of amides is 2. The van der Waals surface area contributed by atoms with Gasteiger partial charge in [-0.2, -0.15) is 0 Å². The summed E-state index contributed by atoms with van der Waals surface area (Å²) in [6, 6.07) is 26.1. The number of carbonyl (C=O) groups is 2. The highest BCUT2D eigenvalue weighted by Crippen LogP contribution is 2.27. The maximum absolute atomic E-state index is 15.0. The largest absolute Gasteiger partial charge is 0.357 e. The molecule has 4 aromatic carbocycles. The van der Waals surface area contributed by atoms with Crippen LogP contribution >= 0.6 is 0 Å². The van der Waals surface area contributed by atoms with Crippen LogP contribution < -0.4 is 9.62 Å². The number of anilines is 1. The number of rotatable bonds is 11. The fraction of sp³-hybridized carbons (Fsp3) is 0.161. The van der Waals surface area contributed by atoms with Gasteiger partial charge in [0.1, 0.15) is 24.2 Å². The molecule has 2 amide bonds. The third-order valence-electron chi connectivity index (χ3n) is 6.51. The van der Waals surface area contributed by atoms with Crippen molar-refractivity contribution in [3.05, 3.63) is 132 Å². The lowest BCUT2D eigenvalue weighted by Gasteiger charge is -2.33. The minimum atomic E-state index is -4.40. The Morgan fingerprint density at radius 1 is 0.780 bits per heavy atom. The highest BCUT2D eigenvalue weighted by atomic mass is 32.2. The molecule has 0 aliphatic carbocycles. The summed E-state index contributed by atoms with van der Waals surface area (Å²) in [6.07, 6.45) is 0.124. The molecule has 0 aliphatic heterocycles. The van der Waals surface area contributed by atoms with Gasteiger partial charge in [0.2, 0.25) is 11.8 Å². The quantitative estimate of drug-likeness (QED) is 0.284. The van der Waals surface area contributed by atoms with Crippen LogP contribution in [0.15, 0.2) is 114 Å². The van der Waals surface area contributed by atoms with Gasteiger partial charge in [-0.25, -0.2) is 17.2 Å². The molecule has 4 aromatic rings. The summed E-state index contributed by atoms with van der Waals surface area (Å²) < 4.78 is 56.9. The Balaban J connectivity index is 1.78. The first-order chi connectivity index (χ1) is 19.7. The van der Waals surface area contributed by atoms with Crippen LogP contribution in [0.25, 0.3) is 0 Å². The molecule has 1 unspecified atom stereocenters. The summed E-state index contributed by atoms with van der Waals surface area (Å²) in [6.45, 7) is -0.915. The maximum atomic E-state index is 15.0. The molecule has 0 bridgehead atoms. The monoisotopic (exact) mass is 577 g/mol. The highest BCUT2D eigenvalue weighted by Gasteiger charge is 2.35. The molecule has 212 valence electrons. The molecule has 0 radical (unpaired) electrons. The van der Waals surface area contributed by atoms with Gasteiger partial charge in [-0.1, -0.05) is 72.8 Å². The summed E-state index contributed by atoms with van der Waals surface area (Å²) in [4.78, 5) is 28.4. The molecule has 1 N–H and O–H groups in total. The third-order valence-corrected chi connectivity index (χ3v) is 8.29. The number of likely N-dealkylation sites (N-methyl/N-ethyl adjacent to an activating group) is 1. The van der Waals surface area contributed by atoms with Crippen LogP contribution in [0.2, 0.25) is 0 Å². The van der Waals surface area contributed by atoms with Gasteiger partial charge in [0.25, 0.3) is 10.0 Å². The van der Waals surface area contributed by atoms with Crippen molar-refractivity contribution in [3.63, 3.8) is 0 Å². The first-order valence-electron chi connectivity index (χ1n) is 12.8. The summed E-state index contributed by atoms with van der Waals surface area (Å²) in [7, 11) is -2.96. The maximum Gasteiger partial charge on any atom is 0.264 e. The van der Waals surface area contributed by atoms with Gasteiger partial charge >= 0.3 is 0 Å². The molecular formula is C31H29F2N3O4S. The lowest BCUT2D eigenvalue weighted by atomic mass is 10.0. The summed E-state index contributed by atoms with van der Waals surface area (Å²) >= 11 is 0. The van der Waals surface area contributed by atoms with E-state index in [9.17, 15) is 22.4 Å². The first kappa shape index (κ1) is 29.4. The Hall–Kier alpha value is -4.57. The van der Waals surface area contributed by atoms with Crippen LogP contribution in [0.3, 0.4) is 0 Å². The Kier molecular flexibility index (Phi) is 9.46. The second-order valence-electron chi connectivity index (χ2n) is 9.24. The van der Waals surface area contributed by atoms with Crippen LogP contribution in [0.5, 0.6) is 0 Å². The predicted octanol–water partition coefficient (Wildman–Crippen LogP) is 4.55. The van der Waals surface area contributed by atoms with Crippen LogP contribution in [0, 0.1) is 11.6 Å². The Bertz CT molecular complexity index is 1580. The molecular weight excluding hydrogens is 548 g/mol. The molecule has 0 saturated heterocycles. The van der Waals surface area contributed by atoms with Crippen molar-refractivity contribution >= 4 is 27.5 Å². The molecule has 4 rings (SSSR count). The number of nitrogens with zero attached hydrogens (tertiary/aromatic N) is 2. The molecule has 1 atom stereocenters. The van der Waals surface area contributed by atoms with Crippen LogP contribution in [-0.4, -0.2) is 44.8 Å². The molecule has 0 aromatic heterocycles. The zero-order valence-electron chi connectivity index (χ0n) is 22.3. The number of para-hydroxylation sites is 1. The minimum Gasteiger partial charge on any atom is -0.357 e. The molecule has 0 heterocycles. The molecule has 41 heavy (non-hydrogen) atoms. The average Bonchev–Trinajstić information content (AvgIpc) is 2.99. The lowest BCUT2D eigenvalue weighted by Crippen LogP contribution is -2.53. The number of halogens is 2. The highest BCUT2D eigenvalue weighted by molar-refractivity contribution is 7.92. The third kappa shape index (κ3) is 7.15. The number of nitrogens with one attached hydrogen (secondary N) is 1. The van der Waals surface area contributed by atoms with Crippen molar-refractivity contribution in [2.24, 2.45) is 0 Å². The zero-order chi connectivity index (χ0) is 29.4. The number of hydrogen-bond donors (Lipinski definition) is 1. The summed E-state index contributed by atoms with van der Waals surface area (Å²) in [5, 5.41) is 2.58. The standard InChI is InChI=1S/C31H29F2N3O4S/c1-34-31(38)29(20-23-10-4-2-5-11-23)35(21-24-16-18-25(32)19-17-24)30(37)22-36(28-15-9-8-14-27(28)33)41(39,40)26-12-6-3-7-13-26/h2-19,29H,20-22H2,1H3,(H,34,38). The van der Waals surface area contributed by atoms with Crippen LogP contribution in [0.1, 0.15) is 11.1 Å². The van der Waals surface area contributed by atoms with Gasteiger partial charge in [-0.3, -0.25) is 13.9 Å². The molecule has 0 fully saturated rings. The normalized spacial score (nSPS) is 11.9. The second kappa shape index (κ2) is 13.2. The van der Waals surface area contributed by atoms with E-state index >= 15 is 4.39 Å². The van der Waals surface area contributed by atoms with E-state index in [1.165, 1.54) is 78.7 Å². The van der Waals surface area contributed by atoms with E-state index in [0.717, 1.165) is 11.6 Å². The van der Waals surface area contributed by atoms with Crippen molar-refractivity contribution in [3.8, 4) is 0 Å². The Morgan fingerprint density at radius 3 is 1.98 bits per heavy atom. The van der Waals surface area contributed by atoms with E-state index in [0.29, 0.717) is 9.87 Å². The van der Waals surface area contributed by atoms with Crippen molar-refractivity contribution in [1.82, 2.24) is 10.2 Å². The van der Waals surface area contributed by atoms with E-state index in [-0.39, 0.29) is 23.5 Å². The fourth-order valence-corrected chi connectivity index (χ4v) is 5.84. The Morgan fingerprint density at radius 2 is 1.37 bits per heavy atom. The van der Waals surface area contributed by atoms with E-state index in [1.807, 2.05) is 18.2 Å². The predicted molar refractivity (Wildman–Crippen MR) is 152 cm³/mol. The topological polar surface area (TPSA) is 86.8 Å². The van der Waals surface area contributed by atoms with E-state index in [4.69, 9.17) is 0 Å². The van der Waals surface area contributed by atoms with Gasteiger partial charge in [-0.05, 0) is 47.5 Å². The van der Waals surface area contributed by atoms with Crippen molar-refractivity contribution in [2.45, 2.75) is 23.9 Å². The van der Waals surface area contributed by atoms with Gasteiger partial charge in [0.05, 0.1) is 10.6 Å². The smallest absolute Gasteiger partial charge is 0.264 e. The SMILES string of the molecule is CNC(=O)C(Cc1ccccc1)N(Cc1ccc(F)cc1)C(=O)CN(c1ccccc1F)S(=O)(=O)c1ccccc1. The van der Waals surface area contributed by atoms with Crippen molar-refractivity contribution in [1.29, 1.82) is 0 Å². The van der Waals surface area contributed by atoms with Gasteiger partial charge in [0, 0.05) is 20.0 Å². The molecule has 7 nitrogen and oxygen atoms in total. The molecule has 10 heteroatoms. The second-order valence-corrected chi connectivity index (χ2v) is 11.1. The van der Waals surface area contributed by atoms with Gasteiger partial charge in [0.15, 0.2) is 0 Å². The van der Waals surface area contributed by atoms with Crippen molar-refractivity contribution in [2.75, 3.05) is 17.9 Å². The molecule has 0 spiro atoms. The van der Waals surface area contributed by atoms with E-state index in [2.05, 4.69) is 5.32 Å². The van der Waals surface area contributed by atoms with E-state index < -0.39 is 46.1 Å². The number of carbonyl (C=O) groups excluding carboxylic acids is 2. The molecule has 0 saturated carbocycles. The minimum absolute atomic E-state index is 0.124. The number of benzene rings is 4. The Labute approximate surface area is 238 Å². The van der Waals surface area contributed by atoms with Gasteiger partial charge in [-0.15, -0.1) is 0 Å². The zero-order valence-corrected chi connectivity index (χ0v) is 23.1. The molecule has 0 aliphatic rings. The first-order valence-corrected chi connectivity index (χ1v) is 14.3. The van der Waals surface area contributed by atoms with Gasteiger partial charge < -0.3 is 10.2 Å². The average molecular weight is 578 g/mol. The number of hydrogen-bond acceptors (Lipinski definition) is 4. The van der Waals surface area contributed by atoms with Crippen molar-refractivity contribution < 1.29 is 26.8 Å².